The molecule has 14 heavy (non-hydrogen) atoms. The molecule has 74 valence electrons. The van der Waals surface area contributed by atoms with Gasteiger partial charge in [0.05, 0.1) is 5.69 Å². The van der Waals surface area contributed by atoms with E-state index in [0.29, 0.717) is 11.4 Å². The lowest BCUT2D eigenvalue weighted by Gasteiger charge is -2.04. The highest BCUT2D eigenvalue weighted by atomic mass is 32.7. The van der Waals surface area contributed by atoms with Gasteiger partial charge in [-0.2, -0.15) is 4.99 Å². The Morgan fingerprint density at radius 1 is 1.36 bits per heavy atom. The number of carbonyl (C=O) groups excluding carboxylic acids is 1. The molecule has 5 nitrogen and oxygen atoms in total. The van der Waals surface area contributed by atoms with Crippen molar-refractivity contribution in [1.29, 1.82) is 0 Å². The quantitative estimate of drug-likeness (QED) is 0.470. The minimum Gasteiger partial charge on any atom is -0.316 e. The van der Waals surface area contributed by atoms with Crippen LogP contribution in [0.2, 0.25) is 0 Å². The van der Waals surface area contributed by atoms with E-state index < -0.39 is 6.80 Å². The maximum Gasteiger partial charge on any atom is 0.388 e. The molecule has 0 bridgehead atoms. The van der Waals surface area contributed by atoms with Crippen LogP contribution in [-0.2, 0) is 9.36 Å². The van der Waals surface area contributed by atoms with Crippen LogP contribution < -0.4 is 0 Å². The Balaban J connectivity index is 3.07. The van der Waals surface area contributed by atoms with Crippen molar-refractivity contribution in [3.8, 4) is 0 Å². The SMILES string of the molecule is O=C=Nc1ccccc1SP(=O)(O)O. The lowest BCUT2D eigenvalue weighted by Crippen LogP contribution is -1.74. The molecule has 2 N–H and O–H groups in total. The van der Waals surface area contributed by atoms with Crippen LogP contribution in [0.4, 0.5) is 5.69 Å². The van der Waals surface area contributed by atoms with Crippen molar-refractivity contribution in [3.05, 3.63) is 24.3 Å². The molecule has 1 aromatic carbocycles. The van der Waals surface area contributed by atoms with E-state index in [1.807, 2.05) is 0 Å². The van der Waals surface area contributed by atoms with Gasteiger partial charge in [-0.1, -0.05) is 12.1 Å². The van der Waals surface area contributed by atoms with Gasteiger partial charge >= 0.3 is 6.80 Å². The topological polar surface area (TPSA) is 87.0 Å². The Kier molecular flexibility index (Phi) is 3.63. The summed E-state index contributed by atoms with van der Waals surface area (Å²) in [4.78, 5) is 31.0. The Hall–Kier alpha value is -0.900. The predicted molar refractivity (Wildman–Crippen MR) is 52.1 cm³/mol. The first-order valence-electron chi connectivity index (χ1n) is 3.45. The third-order valence-corrected chi connectivity index (χ3v) is 3.33. The molecule has 0 aliphatic heterocycles. The molecular weight excluding hydrogens is 225 g/mol. The average Bonchev–Trinajstić information content (AvgIpc) is 2.06. The summed E-state index contributed by atoms with van der Waals surface area (Å²) in [5, 5.41) is 0. The molecule has 0 amide bonds. The second-order valence-corrected chi connectivity index (χ2v) is 5.83. The van der Waals surface area contributed by atoms with Crippen molar-refractivity contribution in [2.45, 2.75) is 4.90 Å². The number of isocyanates is 1. The third kappa shape index (κ3) is 3.46. The molecule has 0 unspecified atom stereocenters. The monoisotopic (exact) mass is 231 g/mol. The lowest BCUT2D eigenvalue weighted by molar-refractivity contribution is 0.397. The van der Waals surface area contributed by atoms with Crippen LogP contribution in [0.1, 0.15) is 0 Å². The molecule has 0 atom stereocenters. The minimum atomic E-state index is -4.21. The van der Waals surface area contributed by atoms with Crippen molar-refractivity contribution < 1.29 is 19.1 Å². The third-order valence-electron chi connectivity index (χ3n) is 1.25. The second-order valence-electron chi connectivity index (χ2n) is 2.25. The maximum absolute atomic E-state index is 10.7. The van der Waals surface area contributed by atoms with E-state index in [4.69, 9.17) is 9.79 Å². The Morgan fingerprint density at radius 3 is 2.57 bits per heavy atom. The molecule has 7 heteroatoms. The van der Waals surface area contributed by atoms with Gasteiger partial charge in [-0.25, -0.2) is 9.36 Å². The number of nitrogens with zero attached hydrogens (tertiary/aromatic N) is 1. The highest BCUT2D eigenvalue weighted by molar-refractivity contribution is 8.54. The van der Waals surface area contributed by atoms with Crippen LogP contribution in [0.5, 0.6) is 0 Å². The first-order valence-corrected chi connectivity index (χ1v) is 6.48. The van der Waals surface area contributed by atoms with Crippen molar-refractivity contribution in [1.82, 2.24) is 0 Å². The summed E-state index contributed by atoms with van der Waals surface area (Å²) in [6.07, 6.45) is 1.32. The Bertz CT molecular complexity index is 423. The van der Waals surface area contributed by atoms with Crippen LogP contribution in [0.15, 0.2) is 34.2 Å². The molecule has 0 radical (unpaired) electrons. The summed E-state index contributed by atoms with van der Waals surface area (Å²) in [5.74, 6) is 0. The summed E-state index contributed by atoms with van der Waals surface area (Å²) < 4.78 is 10.7. The molecule has 1 aromatic rings. The average molecular weight is 231 g/mol. The zero-order valence-corrected chi connectivity index (χ0v) is 8.53. The van der Waals surface area contributed by atoms with Crippen LogP contribution in [0.3, 0.4) is 0 Å². The molecule has 0 spiro atoms. The van der Waals surface area contributed by atoms with E-state index in [1.165, 1.54) is 18.2 Å². The molecule has 0 saturated carbocycles. The van der Waals surface area contributed by atoms with E-state index in [-0.39, 0.29) is 10.6 Å². The number of hydrogen-bond acceptors (Lipinski definition) is 4. The first-order chi connectivity index (χ1) is 6.53. The van der Waals surface area contributed by atoms with E-state index in [0.717, 1.165) is 0 Å². The number of aliphatic imine (C=N–C) groups is 1. The zero-order chi connectivity index (χ0) is 10.6. The van der Waals surface area contributed by atoms with Crippen LogP contribution in [-0.4, -0.2) is 15.9 Å². The summed E-state index contributed by atoms with van der Waals surface area (Å²) in [7, 11) is 0. The minimum absolute atomic E-state index is 0.204. The smallest absolute Gasteiger partial charge is 0.316 e. The normalized spacial score (nSPS) is 10.7. The Labute approximate surface area is 83.8 Å². The van der Waals surface area contributed by atoms with E-state index in [9.17, 15) is 9.36 Å². The standard InChI is InChI=1S/C7H6NO4PS/c9-5-8-6-3-1-2-4-7(6)14-13(10,11)12/h1-4H,(H2,10,11,12). The molecule has 0 fully saturated rings. The summed E-state index contributed by atoms with van der Waals surface area (Å²) in [6, 6.07) is 6.16. The molecule has 0 saturated heterocycles. The van der Waals surface area contributed by atoms with Crippen LogP contribution in [0, 0.1) is 0 Å². The van der Waals surface area contributed by atoms with Crippen molar-refractivity contribution in [2.75, 3.05) is 0 Å². The van der Waals surface area contributed by atoms with Crippen molar-refractivity contribution >= 4 is 29.9 Å². The highest BCUT2D eigenvalue weighted by Crippen LogP contribution is 2.56. The van der Waals surface area contributed by atoms with E-state index in [1.54, 1.807) is 12.1 Å². The van der Waals surface area contributed by atoms with E-state index in [2.05, 4.69) is 4.99 Å². The fraction of sp³-hybridized carbons (Fsp3) is 0. The zero-order valence-electron chi connectivity index (χ0n) is 6.82. The van der Waals surface area contributed by atoms with Gasteiger partial charge in [-0.05, 0) is 23.5 Å². The summed E-state index contributed by atoms with van der Waals surface area (Å²) in [5.41, 5.74) is 0.204. The maximum atomic E-state index is 10.7. The number of hydrogen-bond donors (Lipinski definition) is 2. The molecule has 0 heterocycles. The second kappa shape index (κ2) is 4.55. The van der Waals surface area contributed by atoms with Gasteiger partial charge in [0.1, 0.15) is 0 Å². The van der Waals surface area contributed by atoms with Gasteiger partial charge in [0.2, 0.25) is 6.08 Å². The van der Waals surface area contributed by atoms with Crippen LogP contribution >= 0.6 is 18.2 Å². The molecule has 0 aliphatic carbocycles. The van der Waals surface area contributed by atoms with Gasteiger partial charge in [-0.3, -0.25) is 0 Å². The number of rotatable bonds is 3. The number of para-hydroxylation sites is 1. The van der Waals surface area contributed by atoms with Crippen LogP contribution in [0.25, 0.3) is 0 Å². The molecule has 0 aromatic heterocycles. The fourth-order valence-electron chi connectivity index (χ4n) is 0.804. The van der Waals surface area contributed by atoms with Gasteiger partial charge in [0.25, 0.3) is 0 Å². The molecule has 1 rings (SSSR count). The Morgan fingerprint density at radius 2 is 2.00 bits per heavy atom. The van der Waals surface area contributed by atoms with Gasteiger partial charge in [0.15, 0.2) is 0 Å². The van der Waals surface area contributed by atoms with Gasteiger partial charge in [0, 0.05) is 4.90 Å². The lowest BCUT2D eigenvalue weighted by atomic mass is 10.3. The fourth-order valence-corrected chi connectivity index (χ4v) is 2.64. The van der Waals surface area contributed by atoms with Gasteiger partial charge < -0.3 is 9.79 Å². The first kappa shape index (κ1) is 11.2. The summed E-state index contributed by atoms with van der Waals surface area (Å²) in [6.45, 7) is -4.21. The van der Waals surface area contributed by atoms with E-state index >= 15 is 0 Å². The number of benzene rings is 1. The summed E-state index contributed by atoms with van der Waals surface area (Å²) >= 11 is 0.361. The van der Waals surface area contributed by atoms with Gasteiger partial charge in [-0.15, -0.1) is 0 Å². The van der Waals surface area contributed by atoms with Crippen molar-refractivity contribution in [2.24, 2.45) is 4.99 Å². The molecular formula is C7H6NO4PS. The predicted octanol–water partition coefficient (Wildman–Crippen LogP) is 1.84. The molecule has 0 aliphatic rings. The van der Waals surface area contributed by atoms with Crippen molar-refractivity contribution in [3.63, 3.8) is 0 Å². The highest BCUT2D eigenvalue weighted by Gasteiger charge is 2.17. The largest absolute Gasteiger partial charge is 0.388 e.